The highest BCUT2D eigenvalue weighted by Crippen LogP contribution is 2.36. The fraction of sp³-hybridized carbons (Fsp3) is 0.333. The van der Waals surface area contributed by atoms with Crippen molar-refractivity contribution in [1.82, 2.24) is 9.80 Å². The summed E-state index contributed by atoms with van der Waals surface area (Å²) in [5.74, 6) is 0.0898. The zero-order chi connectivity index (χ0) is 18.1. The van der Waals surface area contributed by atoms with Gasteiger partial charge in [-0.15, -0.1) is 11.3 Å². The number of thiophene rings is 1. The lowest BCUT2D eigenvalue weighted by atomic mass is 9.93. The van der Waals surface area contributed by atoms with E-state index in [1.807, 2.05) is 52.9 Å². The van der Waals surface area contributed by atoms with Gasteiger partial charge in [-0.2, -0.15) is 0 Å². The molecule has 0 bridgehead atoms. The topological polar surface area (TPSA) is 40.6 Å². The van der Waals surface area contributed by atoms with Crippen molar-refractivity contribution in [2.45, 2.75) is 44.8 Å². The quantitative estimate of drug-likeness (QED) is 0.796. The van der Waals surface area contributed by atoms with Crippen molar-refractivity contribution in [3.63, 3.8) is 0 Å². The summed E-state index contributed by atoms with van der Waals surface area (Å²) in [4.78, 5) is 30.2. The lowest BCUT2D eigenvalue weighted by Crippen LogP contribution is -2.38. The minimum atomic E-state index is -0.231. The molecule has 1 fully saturated rings. The summed E-state index contributed by atoms with van der Waals surface area (Å²) < 4.78 is 0. The first-order valence-electron chi connectivity index (χ1n) is 9.01. The van der Waals surface area contributed by atoms with Gasteiger partial charge in [0, 0.05) is 24.0 Å². The molecule has 1 aromatic carbocycles. The van der Waals surface area contributed by atoms with Crippen LogP contribution >= 0.6 is 11.3 Å². The fourth-order valence-corrected chi connectivity index (χ4v) is 4.28. The third kappa shape index (κ3) is 3.44. The van der Waals surface area contributed by atoms with E-state index in [2.05, 4.69) is 6.07 Å². The van der Waals surface area contributed by atoms with Crippen molar-refractivity contribution >= 4 is 29.2 Å². The molecule has 4 rings (SSSR count). The van der Waals surface area contributed by atoms with Crippen LogP contribution in [0.3, 0.4) is 0 Å². The molecule has 26 heavy (non-hydrogen) atoms. The van der Waals surface area contributed by atoms with Gasteiger partial charge in [-0.05, 0) is 41.5 Å². The molecule has 134 valence electrons. The van der Waals surface area contributed by atoms with Gasteiger partial charge in [-0.1, -0.05) is 30.3 Å². The van der Waals surface area contributed by atoms with Crippen LogP contribution in [0, 0.1) is 0 Å². The normalized spacial score (nSPS) is 18.5. The molecule has 0 N–H and O–H groups in total. The van der Waals surface area contributed by atoms with Crippen LogP contribution in [0.2, 0.25) is 0 Å². The van der Waals surface area contributed by atoms with Gasteiger partial charge < -0.3 is 9.80 Å². The van der Waals surface area contributed by atoms with Crippen molar-refractivity contribution in [3.05, 3.63) is 64.0 Å². The molecule has 2 heterocycles. The van der Waals surface area contributed by atoms with Crippen LogP contribution in [0.15, 0.2) is 48.0 Å². The Morgan fingerprint density at radius 1 is 1.19 bits per heavy atom. The summed E-state index contributed by atoms with van der Waals surface area (Å²) in [6.45, 7) is 2.23. The number of carbonyl (C=O) groups is 2. The molecule has 0 saturated heterocycles. The second-order valence-corrected chi connectivity index (χ2v) is 7.96. The van der Waals surface area contributed by atoms with Gasteiger partial charge >= 0.3 is 0 Å². The molecular formula is C21H22N2O2S. The molecule has 1 unspecified atom stereocenters. The maximum atomic E-state index is 13.2. The highest BCUT2D eigenvalue weighted by molar-refractivity contribution is 7.09. The van der Waals surface area contributed by atoms with E-state index in [1.165, 1.54) is 4.88 Å². The van der Waals surface area contributed by atoms with E-state index >= 15 is 0 Å². The Kier molecular flexibility index (Phi) is 4.64. The van der Waals surface area contributed by atoms with Crippen LogP contribution in [0.5, 0.6) is 0 Å². The molecule has 1 atom stereocenters. The zero-order valence-corrected chi connectivity index (χ0v) is 15.6. The largest absolute Gasteiger partial charge is 0.334 e. The van der Waals surface area contributed by atoms with Crippen molar-refractivity contribution < 1.29 is 9.59 Å². The average molecular weight is 366 g/mol. The van der Waals surface area contributed by atoms with Gasteiger partial charge in [0.2, 0.25) is 11.8 Å². The fourth-order valence-electron chi connectivity index (χ4n) is 3.57. The van der Waals surface area contributed by atoms with Crippen LogP contribution in [-0.4, -0.2) is 27.7 Å². The van der Waals surface area contributed by atoms with Crippen molar-refractivity contribution in [2.75, 3.05) is 0 Å². The third-order valence-corrected chi connectivity index (χ3v) is 5.91. The summed E-state index contributed by atoms with van der Waals surface area (Å²) in [6, 6.07) is 12.2. The maximum Gasteiger partial charge on any atom is 0.225 e. The van der Waals surface area contributed by atoms with E-state index in [4.69, 9.17) is 0 Å². The lowest BCUT2D eigenvalue weighted by Gasteiger charge is -2.34. The van der Waals surface area contributed by atoms with Gasteiger partial charge in [-0.3, -0.25) is 9.59 Å². The van der Waals surface area contributed by atoms with Crippen molar-refractivity contribution in [2.24, 2.45) is 0 Å². The Balaban J connectivity index is 1.57. The van der Waals surface area contributed by atoms with E-state index in [9.17, 15) is 9.59 Å². The number of hydrogen-bond donors (Lipinski definition) is 0. The summed E-state index contributed by atoms with van der Waals surface area (Å²) in [5.41, 5.74) is 2.13. The third-order valence-electron chi connectivity index (χ3n) is 5.05. The van der Waals surface area contributed by atoms with E-state index < -0.39 is 0 Å². The summed E-state index contributed by atoms with van der Waals surface area (Å²) in [5, 5.41) is 2.05. The molecule has 4 nitrogen and oxygen atoms in total. The van der Waals surface area contributed by atoms with E-state index in [-0.39, 0.29) is 17.9 Å². The molecule has 1 saturated carbocycles. The summed E-state index contributed by atoms with van der Waals surface area (Å²) >= 11 is 1.68. The number of hydrogen-bond acceptors (Lipinski definition) is 3. The predicted molar refractivity (Wildman–Crippen MR) is 103 cm³/mol. The van der Waals surface area contributed by atoms with E-state index in [0.717, 1.165) is 24.0 Å². The molecule has 1 aromatic heterocycles. The molecule has 2 aromatic rings. The van der Waals surface area contributed by atoms with Crippen molar-refractivity contribution in [1.29, 1.82) is 0 Å². The minimum absolute atomic E-state index is 0.0372. The number of amides is 2. The molecule has 5 heteroatoms. The maximum absolute atomic E-state index is 13.2. The van der Waals surface area contributed by atoms with Crippen LogP contribution in [0.4, 0.5) is 0 Å². The molecule has 2 aliphatic rings. The van der Waals surface area contributed by atoms with Crippen LogP contribution in [0.1, 0.15) is 48.2 Å². The molecule has 0 radical (unpaired) electrons. The SMILES string of the molecule is CC(=O)N1C=Cc2ccccc2C1CC(=O)N(Cc1cccs1)C1CC1. The Hall–Kier alpha value is -2.40. The standard InChI is InChI=1S/C21H22N2O2S/c1-15(24)22-11-10-16-5-2-3-7-19(16)20(22)13-21(25)23(17-8-9-17)14-18-6-4-12-26-18/h2-7,10-12,17,20H,8-9,13-14H2,1H3. The summed E-state index contributed by atoms with van der Waals surface area (Å²) in [7, 11) is 0. The number of carbonyl (C=O) groups excluding carboxylic acids is 2. The monoisotopic (exact) mass is 366 g/mol. The van der Waals surface area contributed by atoms with E-state index in [0.29, 0.717) is 19.0 Å². The van der Waals surface area contributed by atoms with Gasteiger partial charge in [-0.25, -0.2) is 0 Å². The first-order chi connectivity index (χ1) is 12.6. The Morgan fingerprint density at radius 2 is 2.00 bits per heavy atom. The molecule has 1 aliphatic heterocycles. The predicted octanol–water partition coefficient (Wildman–Crippen LogP) is 4.20. The lowest BCUT2D eigenvalue weighted by molar-refractivity contribution is -0.135. The van der Waals surface area contributed by atoms with Gasteiger partial charge in [0.1, 0.15) is 0 Å². The molecular weight excluding hydrogens is 344 g/mol. The summed E-state index contributed by atoms with van der Waals surface area (Å²) in [6.07, 6.45) is 6.23. The van der Waals surface area contributed by atoms with Gasteiger partial charge in [0.15, 0.2) is 0 Å². The average Bonchev–Trinajstić information content (AvgIpc) is 3.35. The number of nitrogens with zero attached hydrogens (tertiary/aromatic N) is 2. The first kappa shape index (κ1) is 17.0. The van der Waals surface area contributed by atoms with Crippen LogP contribution < -0.4 is 0 Å². The Bertz CT molecular complexity index is 839. The number of rotatable bonds is 5. The second kappa shape index (κ2) is 7.08. The molecule has 2 amide bonds. The first-order valence-corrected chi connectivity index (χ1v) is 9.89. The zero-order valence-electron chi connectivity index (χ0n) is 14.8. The van der Waals surface area contributed by atoms with Crippen LogP contribution in [-0.2, 0) is 16.1 Å². The smallest absolute Gasteiger partial charge is 0.225 e. The highest BCUT2D eigenvalue weighted by atomic mass is 32.1. The van der Waals surface area contributed by atoms with Crippen LogP contribution in [0.25, 0.3) is 6.08 Å². The second-order valence-electron chi connectivity index (χ2n) is 6.92. The minimum Gasteiger partial charge on any atom is -0.334 e. The Labute approximate surface area is 157 Å². The molecule has 1 aliphatic carbocycles. The highest BCUT2D eigenvalue weighted by Gasteiger charge is 2.36. The van der Waals surface area contributed by atoms with Gasteiger partial charge in [0.05, 0.1) is 19.0 Å². The number of fused-ring (bicyclic) bond motifs is 1. The number of benzene rings is 1. The van der Waals surface area contributed by atoms with Crippen molar-refractivity contribution in [3.8, 4) is 0 Å². The van der Waals surface area contributed by atoms with E-state index in [1.54, 1.807) is 23.2 Å². The van der Waals surface area contributed by atoms with Gasteiger partial charge in [0.25, 0.3) is 0 Å². The Morgan fingerprint density at radius 3 is 2.69 bits per heavy atom. The molecule has 0 spiro atoms.